The van der Waals surface area contributed by atoms with Gasteiger partial charge >= 0.3 is 0 Å². The van der Waals surface area contributed by atoms with Gasteiger partial charge in [0.25, 0.3) is 0 Å². The van der Waals surface area contributed by atoms with Gasteiger partial charge in [0.15, 0.2) is 0 Å². The molecule has 0 atom stereocenters. The first-order valence-electron chi connectivity index (χ1n) is 6.48. The zero-order valence-corrected chi connectivity index (χ0v) is 11.7. The topological polar surface area (TPSA) is 12.4 Å². The van der Waals surface area contributed by atoms with E-state index in [1.807, 2.05) is 6.21 Å². The van der Waals surface area contributed by atoms with E-state index in [9.17, 15) is 0 Å². The molecule has 0 aliphatic heterocycles. The van der Waals surface area contributed by atoms with E-state index in [1.165, 1.54) is 22.3 Å². The Morgan fingerprint density at radius 3 is 2.50 bits per heavy atom. The smallest absolute Gasteiger partial charge is 0.0524 e. The van der Waals surface area contributed by atoms with Gasteiger partial charge in [0, 0.05) is 6.21 Å². The lowest BCUT2D eigenvalue weighted by Crippen LogP contribution is -2.10. The van der Waals surface area contributed by atoms with Gasteiger partial charge in [0.2, 0.25) is 0 Å². The molecule has 1 aliphatic carbocycles. The molecule has 2 rings (SSSR count). The molecule has 0 unspecified atom stereocenters. The first kappa shape index (κ1) is 12.8. The molecule has 1 aromatic carbocycles. The molecule has 18 heavy (non-hydrogen) atoms. The quantitative estimate of drug-likeness (QED) is 0.667. The van der Waals surface area contributed by atoms with Gasteiger partial charge in [-0.15, -0.1) is 0 Å². The number of allylic oxidation sites excluding steroid dienone is 4. The molecule has 0 saturated heterocycles. The first-order chi connectivity index (χ1) is 8.47. The van der Waals surface area contributed by atoms with Gasteiger partial charge in [-0.2, -0.15) is 0 Å². The third-order valence-electron chi connectivity index (χ3n) is 3.04. The van der Waals surface area contributed by atoms with Crippen LogP contribution in [0.3, 0.4) is 0 Å². The Labute approximate surface area is 110 Å². The van der Waals surface area contributed by atoms with Crippen LogP contribution in [-0.2, 0) is 0 Å². The number of benzene rings is 1. The first-order valence-corrected chi connectivity index (χ1v) is 6.48. The lowest BCUT2D eigenvalue weighted by molar-refractivity contribution is 0.586. The second-order valence-corrected chi connectivity index (χ2v) is 5.78. The standard InChI is InChI=1S/C17H21N/c1-13-8-7-11-15(13)16-10-6-5-9-14(16)12-18-17(2,3)4/h5-10,12H,11H2,1-4H3/b18-12+. The molecule has 1 aliphatic rings. The summed E-state index contributed by atoms with van der Waals surface area (Å²) in [6, 6.07) is 8.51. The molecule has 1 nitrogen and oxygen atoms in total. The SMILES string of the molecule is CC1=C(c2ccccc2/C=N/C(C)(C)C)CC=C1. The number of rotatable bonds is 2. The summed E-state index contributed by atoms with van der Waals surface area (Å²) in [5.74, 6) is 0. The fourth-order valence-electron chi connectivity index (χ4n) is 2.09. The minimum absolute atomic E-state index is 0.0234. The minimum atomic E-state index is -0.0234. The van der Waals surface area contributed by atoms with Crippen molar-refractivity contribution in [2.45, 2.75) is 39.7 Å². The van der Waals surface area contributed by atoms with Crippen molar-refractivity contribution in [1.82, 2.24) is 0 Å². The molecule has 0 radical (unpaired) electrons. The average molecular weight is 239 g/mol. The van der Waals surface area contributed by atoms with E-state index < -0.39 is 0 Å². The van der Waals surface area contributed by atoms with E-state index >= 15 is 0 Å². The molecule has 1 heteroatoms. The summed E-state index contributed by atoms with van der Waals surface area (Å²) in [5, 5.41) is 0. The van der Waals surface area contributed by atoms with Gasteiger partial charge < -0.3 is 0 Å². The number of nitrogens with zero attached hydrogens (tertiary/aromatic N) is 1. The van der Waals surface area contributed by atoms with Crippen molar-refractivity contribution in [3.8, 4) is 0 Å². The van der Waals surface area contributed by atoms with Crippen LogP contribution in [-0.4, -0.2) is 11.8 Å². The third kappa shape index (κ3) is 2.98. The molecule has 94 valence electrons. The molecule has 0 N–H and O–H groups in total. The Balaban J connectivity index is 2.39. The van der Waals surface area contributed by atoms with E-state index in [0.717, 1.165) is 6.42 Å². The van der Waals surface area contributed by atoms with E-state index in [1.54, 1.807) is 0 Å². The summed E-state index contributed by atoms with van der Waals surface area (Å²) in [4.78, 5) is 4.62. The Kier molecular flexibility index (Phi) is 3.51. The van der Waals surface area contributed by atoms with Gasteiger partial charge in [-0.3, -0.25) is 4.99 Å². The number of hydrogen-bond acceptors (Lipinski definition) is 1. The van der Waals surface area contributed by atoms with Crippen LogP contribution in [0.5, 0.6) is 0 Å². The summed E-state index contributed by atoms with van der Waals surface area (Å²) in [5.41, 5.74) is 5.29. The predicted octanol–water partition coefficient (Wildman–Crippen LogP) is 4.64. The largest absolute Gasteiger partial charge is 0.287 e. The molecule has 0 spiro atoms. The molecule has 0 bridgehead atoms. The molecular weight excluding hydrogens is 218 g/mol. The van der Waals surface area contributed by atoms with Crippen molar-refractivity contribution in [2.24, 2.45) is 4.99 Å². The monoisotopic (exact) mass is 239 g/mol. The average Bonchev–Trinajstić information content (AvgIpc) is 2.72. The number of hydrogen-bond donors (Lipinski definition) is 0. The fourth-order valence-corrected chi connectivity index (χ4v) is 2.09. The van der Waals surface area contributed by atoms with Crippen molar-refractivity contribution in [1.29, 1.82) is 0 Å². The second kappa shape index (κ2) is 4.93. The summed E-state index contributed by atoms with van der Waals surface area (Å²) in [6.45, 7) is 8.53. The second-order valence-electron chi connectivity index (χ2n) is 5.78. The molecule has 0 heterocycles. The molecule has 0 amide bonds. The van der Waals surface area contributed by atoms with Crippen molar-refractivity contribution in [3.05, 3.63) is 53.1 Å². The normalized spacial score (nSPS) is 16.0. The lowest BCUT2D eigenvalue weighted by Gasteiger charge is -2.13. The van der Waals surface area contributed by atoms with Crippen LogP contribution in [0.2, 0.25) is 0 Å². The van der Waals surface area contributed by atoms with Gasteiger partial charge in [0.1, 0.15) is 0 Å². The molecule has 0 aromatic heterocycles. The van der Waals surface area contributed by atoms with Crippen LogP contribution in [0.15, 0.2) is 47.0 Å². The molecular formula is C17H21N. The maximum absolute atomic E-state index is 4.62. The molecule has 0 fully saturated rings. The van der Waals surface area contributed by atoms with Crippen LogP contribution >= 0.6 is 0 Å². The van der Waals surface area contributed by atoms with Crippen molar-refractivity contribution in [3.63, 3.8) is 0 Å². The van der Waals surface area contributed by atoms with Gasteiger partial charge in [-0.25, -0.2) is 0 Å². The van der Waals surface area contributed by atoms with Crippen LogP contribution in [0.1, 0.15) is 45.2 Å². The van der Waals surface area contributed by atoms with Crippen molar-refractivity contribution < 1.29 is 0 Å². The maximum Gasteiger partial charge on any atom is 0.0524 e. The summed E-state index contributed by atoms with van der Waals surface area (Å²) >= 11 is 0. The van der Waals surface area contributed by atoms with Crippen LogP contribution in [0.25, 0.3) is 5.57 Å². The van der Waals surface area contributed by atoms with Crippen molar-refractivity contribution in [2.75, 3.05) is 0 Å². The maximum atomic E-state index is 4.62. The van der Waals surface area contributed by atoms with E-state index in [0.29, 0.717) is 0 Å². The van der Waals surface area contributed by atoms with Gasteiger partial charge in [0.05, 0.1) is 5.54 Å². The zero-order chi connectivity index (χ0) is 13.2. The molecule has 0 saturated carbocycles. The highest BCUT2D eigenvalue weighted by atomic mass is 14.8. The van der Waals surface area contributed by atoms with Crippen LogP contribution in [0, 0.1) is 0 Å². The Hall–Kier alpha value is -1.63. The summed E-state index contributed by atoms with van der Waals surface area (Å²) in [6.07, 6.45) is 7.47. The Morgan fingerprint density at radius 2 is 1.89 bits per heavy atom. The third-order valence-corrected chi connectivity index (χ3v) is 3.04. The van der Waals surface area contributed by atoms with Gasteiger partial charge in [-0.05, 0) is 56.4 Å². The van der Waals surface area contributed by atoms with E-state index in [-0.39, 0.29) is 5.54 Å². The highest BCUT2D eigenvalue weighted by Gasteiger charge is 2.11. The number of aliphatic imine (C=N–C) groups is 1. The summed E-state index contributed by atoms with van der Waals surface area (Å²) < 4.78 is 0. The zero-order valence-electron chi connectivity index (χ0n) is 11.7. The highest BCUT2D eigenvalue weighted by molar-refractivity contribution is 5.90. The van der Waals surface area contributed by atoms with E-state index in [4.69, 9.17) is 0 Å². The highest BCUT2D eigenvalue weighted by Crippen LogP contribution is 2.30. The van der Waals surface area contributed by atoms with Crippen LogP contribution < -0.4 is 0 Å². The lowest BCUT2D eigenvalue weighted by atomic mass is 9.97. The fraction of sp³-hybridized carbons (Fsp3) is 0.353. The van der Waals surface area contributed by atoms with Crippen LogP contribution in [0.4, 0.5) is 0 Å². The minimum Gasteiger partial charge on any atom is -0.287 e. The Morgan fingerprint density at radius 1 is 1.17 bits per heavy atom. The summed E-state index contributed by atoms with van der Waals surface area (Å²) in [7, 11) is 0. The van der Waals surface area contributed by atoms with Gasteiger partial charge in [-0.1, -0.05) is 36.4 Å². The molecule has 1 aromatic rings. The predicted molar refractivity (Wildman–Crippen MR) is 80.1 cm³/mol. The van der Waals surface area contributed by atoms with E-state index in [2.05, 4.69) is 69.1 Å². The van der Waals surface area contributed by atoms with Crippen molar-refractivity contribution >= 4 is 11.8 Å². The Bertz CT molecular complexity index is 525.